The second-order valence-electron chi connectivity index (χ2n) is 6.86. The molecule has 6 nitrogen and oxygen atoms in total. The van der Waals surface area contributed by atoms with Crippen LogP contribution in [0.4, 0.5) is 9.18 Å². The van der Waals surface area contributed by atoms with Crippen LogP contribution in [-0.4, -0.2) is 65.9 Å². The first-order valence-corrected chi connectivity index (χ1v) is 9.17. The van der Waals surface area contributed by atoms with Crippen molar-refractivity contribution in [1.82, 2.24) is 14.7 Å². The van der Waals surface area contributed by atoms with E-state index in [4.69, 9.17) is 0 Å². The third kappa shape index (κ3) is 4.27. The molecule has 27 heavy (non-hydrogen) atoms. The Hall–Kier alpha value is -2.88. The number of rotatable bonds is 1. The summed E-state index contributed by atoms with van der Waals surface area (Å²) in [5.74, 6) is -0.286. The molecular formula is C20H23FN4O2. The smallest absolute Gasteiger partial charge is 0.320 e. The third-order valence-electron chi connectivity index (χ3n) is 5.23. The van der Waals surface area contributed by atoms with Crippen molar-refractivity contribution < 1.29 is 14.0 Å². The fourth-order valence-corrected chi connectivity index (χ4v) is 3.59. The number of hydrogen-bond acceptors (Lipinski definition) is 3. The number of urea groups is 1. The third-order valence-corrected chi connectivity index (χ3v) is 5.23. The van der Waals surface area contributed by atoms with Gasteiger partial charge in [0.15, 0.2) is 0 Å². The summed E-state index contributed by atoms with van der Waals surface area (Å²) in [6.07, 6.45) is 1.28. The minimum atomic E-state index is -0.327. The van der Waals surface area contributed by atoms with Gasteiger partial charge < -0.3 is 14.7 Å². The van der Waals surface area contributed by atoms with Crippen molar-refractivity contribution >= 4 is 17.5 Å². The van der Waals surface area contributed by atoms with Crippen molar-refractivity contribution in [2.24, 2.45) is 0 Å². The maximum absolute atomic E-state index is 13.1. The zero-order chi connectivity index (χ0) is 19.4. The standard InChI is InChI=1S/C20H23FN4O2/c1-15(26)23-10-12-25(13-11-23)20(27)24-8-6-17(7-9-24)19(14-22)16-2-4-18(21)5-3-16/h2-5H,6-13H2,1H3. The van der Waals surface area contributed by atoms with Gasteiger partial charge in [-0.05, 0) is 36.1 Å². The molecule has 2 saturated heterocycles. The number of likely N-dealkylation sites (tertiary alicyclic amines) is 1. The Morgan fingerprint density at radius 1 is 0.926 bits per heavy atom. The van der Waals surface area contributed by atoms with Crippen molar-refractivity contribution in [3.63, 3.8) is 0 Å². The maximum Gasteiger partial charge on any atom is 0.320 e. The van der Waals surface area contributed by atoms with E-state index in [0.29, 0.717) is 63.2 Å². The molecule has 0 aromatic heterocycles. The number of piperazine rings is 1. The minimum Gasteiger partial charge on any atom is -0.339 e. The molecule has 3 amide bonds. The van der Waals surface area contributed by atoms with Crippen molar-refractivity contribution in [3.05, 3.63) is 41.2 Å². The molecule has 0 atom stereocenters. The fraction of sp³-hybridized carbons (Fsp3) is 0.450. The minimum absolute atomic E-state index is 0.00228. The molecule has 7 heteroatoms. The highest BCUT2D eigenvalue weighted by atomic mass is 19.1. The molecule has 0 saturated carbocycles. The number of nitrogens with zero attached hydrogens (tertiary/aromatic N) is 4. The van der Waals surface area contributed by atoms with Crippen LogP contribution in [0.2, 0.25) is 0 Å². The van der Waals surface area contributed by atoms with Crippen LogP contribution in [0.25, 0.3) is 5.57 Å². The number of benzene rings is 1. The summed E-state index contributed by atoms with van der Waals surface area (Å²) in [4.78, 5) is 29.5. The lowest BCUT2D eigenvalue weighted by atomic mass is 9.94. The van der Waals surface area contributed by atoms with Crippen LogP contribution >= 0.6 is 0 Å². The van der Waals surface area contributed by atoms with E-state index in [-0.39, 0.29) is 17.8 Å². The number of carbonyl (C=O) groups is 2. The van der Waals surface area contributed by atoms with Crippen LogP contribution in [0, 0.1) is 17.1 Å². The Balaban J connectivity index is 1.61. The molecule has 0 radical (unpaired) electrons. The van der Waals surface area contributed by atoms with E-state index in [0.717, 1.165) is 5.57 Å². The second-order valence-corrected chi connectivity index (χ2v) is 6.86. The highest BCUT2D eigenvalue weighted by Crippen LogP contribution is 2.27. The topological polar surface area (TPSA) is 67.7 Å². The van der Waals surface area contributed by atoms with Crippen molar-refractivity contribution in [2.75, 3.05) is 39.3 Å². The molecule has 3 rings (SSSR count). The van der Waals surface area contributed by atoms with E-state index in [1.165, 1.54) is 12.1 Å². The molecule has 0 bridgehead atoms. The Labute approximate surface area is 158 Å². The van der Waals surface area contributed by atoms with Gasteiger partial charge >= 0.3 is 6.03 Å². The van der Waals surface area contributed by atoms with Gasteiger partial charge in [-0.25, -0.2) is 9.18 Å². The average molecular weight is 370 g/mol. The van der Waals surface area contributed by atoms with Gasteiger partial charge in [0.2, 0.25) is 5.91 Å². The molecule has 0 spiro atoms. The Bertz CT molecular complexity index is 779. The van der Waals surface area contributed by atoms with Crippen LogP contribution < -0.4 is 0 Å². The monoisotopic (exact) mass is 370 g/mol. The van der Waals surface area contributed by atoms with E-state index < -0.39 is 0 Å². The first kappa shape index (κ1) is 18.9. The zero-order valence-electron chi connectivity index (χ0n) is 15.4. The Kier molecular flexibility index (Phi) is 5.75. The Morgan fingerprint density at radius 2 is 1.44 bits per heavy atom. The van der Waals surface area contributed by atoms with Gasteiger partial charge in [0, 0.05) is 46.2 Å². The number of hydrogen-bond donors (Lipinski definition) is 0. The molecular weight excluding hydrogens is 347 g/mol. The number of amides is 3. The van der Waals surface area contributed by atoms with Gasteiger partial charge in [-0.3, -0.25) is 4.79 Å². The van der Waals surface area contributed by atoms with Crippen molar-refractivity contribution in [2.45, 2.75) is 19.8 Å². The quantitative estimate of drug-likeness (QED) is 0.713. The van der Waals surface area contributed by atoms with Gasteiger partial charge in [0.25, 0.3) is 0 Å². The number of piperidine rings is 1. The number of halogens is 1. The van der Waals surface area contributed by atoms with Crippen LogP contribution in [0.3, 0.4) is 0 Å². The molecule has 2 aliphatic heterocycles. The zero-order valence-corrected chi connectivity index (χ0v) is 15.4. The average Bonchev–Trinajstić information content (AvgIpc) is 2.70. The molecule has 2 heterocycles. The van der Waals surface area contributed by atoms with E-state index in [9.17, 15) is 19.2 Å². The van der Waals surface area contributed by atoms with E-state index in [1.807, 2.05) is 4.90 Å². The number of allylic oxidation sites excluding steroid dienone is 1. The summed E-state index contributed by atoms with van der Waals surface area (Å²) in [6.45, 7) is 4.92. The first-order chi connectivity index (χ1) is 13.0. The fourth-order valence-electron chi connectivity index (χ4n) is 3.59. The molecule has 0 unspecified atom stereocenters. The van der Waals surface area contributed by atoms with Crippen LogP contribution in [-0.2, 0) is 4.79 Å². The van der Waals surface area contributed by atoms with Gasteiger partial charge in [-0.2, -0.15) is 5.26 Å². The largest absolute Gasteiger partial charge is 0.339 e. The van der Waals surface area contributed by atoms with Gasteiger partial charge in [-0.1, -0.05) is 12.1 Å². The summed E-state index contributed by atoms with van der Waals surface area (Å²) in [5, 5.41) is 9.53. The first-order valence-electron chi connectivity index (χ1n) is 9.17. The van der Waals surface area contributed by atoms with Crippen LogP contribution in [0.1, 0.15) is 25.3 Å². The SMILES string of the molecule is CC(=O)N1CCN(C(=O)N2CCC(=C(C#N)c3ccc(F)cc3)CC2)CC1. The Morgan fingerprint density at radius 3 is 1.96 bits per heavy atom. The number of carbonyl (C=O) groups excluding carboxylic acids is 2. The van der Waals surface area contributed by atoms with Crippen LogP contribution in [0.15, 0.2) is 29.8 Å². The normalized spacial score (nSPS) is 17.5. The molecule has 1 aromatic carbocycles. The molecule has 0 aliphatic carbocycles. The predicted molar refractivity (Wildman–Crippen MR) is 99.0 cm³/mol. The molecule has 142 valence electrons. The summed E-state index contributed by atoms with van der Waals surface area (Å²) in [7, 11) is 0. The summed E-state index contributed by atoms with van der Waals surface area (Å²) < 4.78 is 13.1. The van der Waals surface area contributed by atoms with Gasteiger partial charge in [0.05, 0.1) is 11.6 Å². The van der Waals surface area contributed by atoms with E-state index in [1.54, 1.807) is 28.9 Å². The maximum atomic E-state index is 13.1. The van der Waals surface area contributed by atoms with Gasteiger partial charge in [0.1, 0.15) is 5.82 Å². The second kappa shape index (κ2) is 8.21. The van der Waals surface area contributed by atoms with E-state index in [2.05, 4.69) is 6.07 Å². The molecule has 2 aliphatic rings. The van der Waals surface area contributed by atoms with E-state index >= 15 is 0 Å². The van der Waals surface area contributed by atoms with Crippen molar-refractivity contribution in [1.29, 1.82) is 5.26 Å². The summed E-state index contributed by atoms with van der Waals surface area (Å²) in [6, 6.07) is 8.18. The van der Waals surface area contributed by atoms with Crippen LogP contribution in [0.5, 0.6) is 0 Å². The lowest BCUT2D eigenvalue weighted by Gasteiger charge is -2.38. The summed E-state index contributed by atoms with van der Waals surface area (Å²) in [5.41, 5.74) is 2.31. The number of nitriles is 1. The highest BCUT2D eigenvalue weighted by molar-refractivity contribution is 5.80. The molecule has 2 fully saturated rings. The highest BCUT2D eigenvalue weighted by Gasteiger charge is 2.28. The van der Waals surface area contributed by atoms with Crippen molar-refractivity contribution in [3.8, 4) is 6.07 Å². The molecule has 0 N–H and O–H groups in total. The predicted octanol–water partition coefficient (Wildman–Crippen LogP) is 2.48. The lowest BCUT2D eigenvalue weighted by molar-refractivity contribution is -0.130. The van der Waals surface area contributed by atoms with Gasteiger partial charge in [-0.15, -0.1) is 0 Å². The molecule has 1 aromatic rings. The lowest BCUT2D eigenvalue weighted by Crippen LogP contribution is -2.54. The summed E-state index contributed by atoms with van der Waals surface area (Å²) >= 11 is 0.